The van der Waals surface area contributed by atoms with Gasteiger partial charge in [0.1, 0.15) is 6.29 Å². The summed E-state index contributed by atoms with van der Waals surface area (Å²) in [7, 11) is 0. The van der Waals surface area contributed by atoms with Gasteiger partial charge >= 0.3 is 0 Å². The largest absolute Gasteiger partial charge is 0.353 e. The summed E-state index contributed by atoms with van der Waals surface area (Å²) in [6.07, 6.45) is 3.06. The van der Waals surface area contributed by atoms with Gasteiger partial charge in [0.05, 0.1) is 0 Å². The van der Waals surface area contributed by atoms with Crippen molar-refractivity contribution in [3.05, 3.63) is 11.6 Å². The SMILES string of the molecule is CCOC(C/C=C(\C)C=O)OCC. The number of carbonyl (C=O) groups excluding carboxylic acids is 1. The third-order valence-corrected chi connectivity index (χ3v) is 1.52. The highest BCUT2D eigenvalue weighted by atomic mass is 16.7. The molecule has 0 aliphatic rings. The van der Waals surface area contributed by atoms with Crippen LogP contribution >= 0.6 is 0 Å². The third-order valence-electron chi connectivity index (χ3n) is 1.52. The summed E-state index contributed by atoms with van der Waals surface area (Å²) in [5.74, 6) is 0. The first kappa shape index (κ1) is 12.3. The molecule has 76 valence electrons. The van der Waals surface area contributed by atoms with Crippen LogP contribution in [0.3, 0.4) is 0 Å². The molecule has 13 heavy (non-hydrogen) atoms. The first-order valence-electron chi connectivity index (χ1n) is 4.59. The quantitative estimate of drug-likeness (QED) is 0.346. The zero-order valence-electron chi connectivity index (χ0n) is 8.58. The lowest BCUT2D eigenvalue weighted by atomic mass is 10.2. The molecule has 0 fully saturated rings. The molecule has 0 aliphatic heterocycles. The summed E-state index contributed by atoms with van der Waals surface area (Å²) in [5, 5.41) is 0. The fourth-order valence-electron chi connectivity index (χ4n) is 0.886. The normalized spacial score (nSPS) is 12.2. The lowest BCUT2D eigenvalue weighted by Crippen LogP contribution is -2.16. The van der Waals surface area contributed by atoms with Gasteiger partial charge in [0, 0.05) is 19.6 Å². The minimum atomic E-state index is -0.218. The smallest absolute Gasteiger partial charge is 0.160 e. The lowest BCUT2D eigenvalue weighted by molar-refractivity contribution is -0.133. The molecule has 0 aromatic carbocycles. The van der Waals surface area contributed by atoms with Crippen LogP contribution in [0.2, 0.25) is 0 Å². The highest BCUT2D eigenvalue weighted by molar-refractivity contribution is 5.71. The Morgan fingerprint density at radius 2 is 1.85 bits per heavy atom. The number of hydrogen-bond donors (Lipinski definition) is 0. The van der Waals surface area contributed by atoms with Crippen molar-refractivity contribution in [2.24, 2.45) is 0 Å². The summed E-state index contributed by atoms with van der Waals surface area (Å²) in [4.78, 5) is 10.3. The van der Waals surface area contributed by atoms with Crippen LogP contribution in [0.5, 0.6) is 0 Å². The van der Waals surface area contributed by atoms with E-state index in [1.807, 2.05) is 19.9 Å². The second-order valence-corrected chi connectivity index (χ2v) is 2.64. The Morgan fingerprint density at radius 1 is 1.31 bits per heavy atom. The van der Waals surface area contributed by atoms with Crippen LogP contribution in [0.1, 0.15) is 27.2 Å². The molecule has 0 saturated carbocycles. The minimum Gasteiger partial charge on any atom is -0.353 e. The van der Waals surface area contributed by atoms with Gasteiger partial charge in [-0.1, -0.05) is 6.08 Å². The summed E-state index contributed by atoms with van der Waals surface area (Å²) < 4.78 is 10.6. The first-order chi connectivity index (χ1) is 6.24. The Kier molecular flexibility index (Phi) is 7.54. The summed E-state index contributed by atoms with van der Waals surface area (Å²) >= 11 is 0. The van der Waals surface area contributed by atoms with E-state index in [1.54, 1.807) is 6.92 Å². The van der Waals surface area contributed by atoms with Gasteiger partial charge in [-0.15, -0.1) is 0 Å². The highest BCUT2D eigenvalue weighted by Crippen LogP contribution is 2.03. The van der Waals surface area contributed by atoms with Crippen molar-refractivity contribution in [3.63, 3.8) is 0 Å². The maximum Gasteiger partial charge on any atom is 0.160 e. The molecule has 0 atom stereocenters. The molecule has 3 nitrogen and oxygen atoms in total. The van der Waals surface area contributed by atoms with E-state index in [-0.39, 0.29) is 6.29 Å². The van der Waals surface area contributed by atoms with Crippen LogP contribution in [0.4, 0.5) is 0 Å². The number of ether oxygens (including phenoxy) is 2. The molecule has 0 radical (unpaired) electrons. The van der Waals surface area contributed by atoms with Gasteiger partial charge in [-0.05, 0) is 26.3 Å². The van der Waals surface area contributed by atoms with Gasteiger partial charge in [0.2, 0.25) is 0 Å². The van der Waals surface area contributed by atoms with Gasteiger partial charge in [0.15, 0.2) is 6.29 Å². The topological polar surface area (TPSA) is 35.5 Å². The van der Waals surface area contributed by atoms with Gasteiger partial charge in [0.25, 0.3) is 0 Å². The fraction of sp³-hybridized carbons (Fsp3) is 0.700. The highest BCUT2D eigenvalue weighted by Gasteiger charge is 2.04. The summed E-state index contributed by atoms with van der Waals surface area (Å²) in [6.45, 7) is 6.85. The summed E-state index contributed by atoms with van der Waals surface area (Å²) in [5.41, 5.74) is 0.712. The Morgan fingerprint density at radius 3 is 2.23 bits per heavy atom. The van der Waals surface area contributed by atoms with Crippen LogP contribution in [0.15, 0.2) is 11.6 Å². The standard InChI is InChI=1S/C10H18O3/c1-4-12-10(13-5-2)7-6-9(3)8-11/h6,8,10H,4-5,7H2,1-3H3/b9-6+. The van der Waals surface area contributed by atoms with E-state index in [2.05, 4.69) is 0 Å². The van der Waals surface area contributed by atoms with Crippen molar-refractivity contribution in [1.82, 2.24) is 0 Å². The molecule has 0 heterocycles. The van der Waals surface area contributed by atoms with Gasteiger partial charge in [-0.25, -0.2) is 0 Å². The van der Waals surface area contributed by atoms with E-state index in [1.165, 1.54) is 0 Å². The van der Waals surface area contributed by atoms with Crippen LogP contribution in [0.25, 0.3) is 0 Å². The van der Waals surface area contributed by atoms with E-state index >= 15 is 0 Å². The first-order valence-corrected chi connectivity index (χ1v) is 4.59. The number of allylic oxidation sites excluding steroid dienone is 1. The Balaban J connectivity index is 3.86. The van der Waals surface area contributed by atoms with Crippen molar-refractivity contribution in [2.45, 2.75) is 33.5 Å². The van der Waals surface area contributed by atoms with Crippen molar-refractivity contribution < 1.29 is 14.3 Å². The summed E-state index contributed by atoms with van der Waals surface area (Å²) in [6, 6.07) is 0. The lowest BCUT2D eigenvalue weighted by Gasteiger charge is -2.14. The molecule has 0 unspecified atom stereocenters. The zero-order valence-corrected chi connectivity index (χ0v) is 8.58. The monoisotopic (exact) mass is 186 g/mol. The molecule has 0 N–H and O–H groups in total. The van der Waals surface area contributed by atoms with Crippen molar-refractivity contribution in [3.8, 4) is 0 Å². The molecular weight excluding hydrogens is 168 g/mol. The van der Waals surface area contributed by atoms with Crippen LogP contribution < -0.4 is 0 Å². The molecule has 0 aromatic heterocycles. The minimum absolute atomic E-state index is 0.218. The number of rotatable bonds is 7. The molecule has 0 aromatic rings. The molecule has 0 rings (SSSR count). The second kappa shape index (κ2) is 7.95. The fourth-order valence-corrected chi connectivity index (χ4v) is 0.886. The van der Waals surface area contributed by atoms with Crippen molar-refractivity contribution in [1.29, 1.82) is 0 Å². The second-order valence-electron chi connectivity index (χ2n) is 2.64. The zero-order chi connectivity index (χ0) is 10.1. The molecule has 0 saturated heterocycles. The number of hydrogen-bond acceptors (Lipinski definition) is 3. The van der Waals surface area contributed by atoms with E-state index in [9.17, 15) is 4.79 Å². The van der Waals surface area contributed by atoms with Gasteiger partial charge in [-0.2, -0.15) is 0 Å². The maximum absolute atomic E-state index is 10.3. The van der Waals surface area contributed by atoms with E-state index < -0.39 is 0 Å². The Hall–Kier alpha value is -0.670. The molecular formula is C10H18O3. The van der Waals surface area contributed by atoms with E-state index in [0.717, 1.165) is 6.29 Å². The van der Waals surface area contributed by atoms with Crippen LogP contribution in [0, 0.1) is 0 Å². The van der Waals surface area contributed by atoms with Crippen molar-refractivity contribution in [2.75, 3.05) is 13.2 Å². The van der Waals surface area contributed by atoms with E-state index in [0.29, 0.717) is 25.2 Å². The molecule has 0 spiro atoms. The predicted molar refractivity (Wildman–Crippen MR) is 51.5 cm³/mol. The molecule has 0 aliphatic carbocycles. The molecule has 0 bridgehead atoms. The average molecular weight is 186 g/mol. The maximum atomic E-state index is 10.3. The Bertz CT molecular complexity index is 158. The van der Waals surface area contributed by atoms with Gasteiger partial charge < -0.3 is 9.47 Å². The van der Waals surface area contributed by atoms with E-state index in [4.69, 9.17) is 9.47 Å². The molecule has 0 amide bonds. The van der Waals surface area contributed by atoms with Gasteiger partial charge in [-0.3, -0.25) is 4.79 Å². The number of aldehydes is 1. The Labute approximate surface area is 79.7 Å². The predicted octanol–water partition coefficient (Wildman–Crippen LogP) is 1.92. The molecule has 3 heteroatoms. The number of carbonyl (C=O) groups is 1. The van der Waals surface area contributed by atoms with Crippen LogP contribution in [-0.2, 0) is 14.3 Å². The van der Waals surface area contributed by atoms with Crippen LogP contribution in [-0.4, -0.2) is 25.8 Å². The van der Waals surface area contributed by atoms with Crippen molar-refractivity contribution >= 4 is 6.29 Å². The average Bonchev–Trinajstić information content (AvgIpc) is 2.14. The third kappa shape index (κ3) is 6.49.